The van der Waals surface area contributed by atoms with E-state index in [0.29, 0.717) is 24.3 Å². The standard InChI is InChI=1S/C33H32F3N3O5/c1-39-27-14-12-23(17-30(40)38-26-13-8-19-4-2-3-5-24(19)26)44-29(27)18-43-28-15-11-22(16-25(28)32(39)42)37-31(41)20-6-9-21(10-7-20)33(34,35)36/h2-7,9-11,15-16,23,26-27,29H,8,12-14,17-18H2,1H3,(H,37,41)(H,38,40)/t23-,26+,27-,29-/m0/s1. The van der Waals surface area contributed by atoms with Gasteiger partial charge < -0.3 is 25.0 Å². The molecule has 6 rings (SSSR count). The SMILES string of the molecule is CN1C(=O)c2cc(NC(=O)c3ccc(C(F)(F)F)cc3)ccc2OC[C@@H]2O[C@H](CC(=O)N[C@@H]3CCc4ccccc43)CC[C@@H]21. The molecule has 2 heterocycles. The van der Waals surface area contributed by atoms with Crippen molar-refractivity contribution in [1.82, 2.24) is 10.2 Å². The van der Waals surface area contributed by atoms with Gasteiger partial charge in [0.05, 0.1) is 35.7 Å². The second kappa shape index (κ2) is 12.0. The van der Waals surface area contributed by atoms with Crippen LogP contribution in [0.15, 0.2) is 66.7 Å². The van der Waals surface area contributed by atoms with Crippen molar-refractivity contribution < 1.29 is 37.0 Å². The average molecular weight is 608 g/mol. The van der Waals surface area contributed by atoms with Gasteiger partial charge in [-0.2, -0.15) is 13.2 Å². The van der Waals surface area contributed by atoms with E-state index in [1.165, 1.54) is 17.2 Å². The molecule has 0 saturated carbocycles. The summed E-state index contributed by atoms with van der Waals surface area (Å²) in [6.45, 7) is 0.167. The van der Waals surface area contributed by atoms with Gasteiger partial charge in [0.2, 0.25) is 5.91 Å². The van der Waals surface area contributed by atoms with Gasteiger partial charge in [-0.15, -0.1) is 0 Å². The van der Waals surface area contributed by atoms with E-state index in [9.17, 15) is 27.6 Å². The van der Waals surface area contributed by atoms with Crippen molar-refractivity contribution in [3.05, 3.63) is 94.5 Å². The number of benzene rings is 3. The van der Waals surface area contributed by atoms with Crippen LogP contribution in [0.4, 0.5) is 18.9 Å². The molecule has 2 N–H and O–H groups in total. The molecule has 2 aliphatic heterocycles. The number of fused-ring (bicyclic) bond motifs is 3. The van der Waals surface area contributed by atoms with E-state index in [-0.39, 0.29) is 54.2 Å². The van der Waals surface area contributed by atoms with Gasteiger partial charge in [-0.3, -0.25) is 14.4 Å². The number of carbonyl (C=O) groups excluding carboxylic acids is 3. The van der Waals surface area contributed by atoms with E-state index in [4.69, 9.17) is 9.47 Å². The summed E-state index contributed by atoms with van der Waals surface area (Å²) in [7, 11) is 1.69. The number of hydrogen-bond donors (Lipinski definition) is 2. The Morgan fingerprint density at radius 2 is 1.77 bits per heavy atom. The van der Waals surface area contributed by atoms with Crippen molar-refractivity contribution in [3.63, 3.8) is 0 Å². The van der Waals surface area contributed by atoms with Gasteiger partial charge in [-0.1, -0.05) is 24.3 Å². The maximum Gasteiger partial charge on any atom is 0.416 e. The van der Waals surface area contributed by atoms with Crippen molar-refractivity contribution in [2.45, 2.75) is 62.6 Å². The van der Waals surface area contributed by atoms with Gasteiger partial charge in [0.1, 0.15) is 18.5 Å². The molecule has 0 aromatic heterocycles. The summed E-state index contributed by atoms with van der Waals surface area (Å²) in [6.07, 6.45) is -1.98. The lowest BCUT2D eigenvalue weighted by Gasteiger charge is -2.42. The predicted molar refractivity (Wildman–Crippen MR) is 155 cm³/mol. The lowest BCUT2D eigenvalue weighted by molar-refractivity contribution is -0.137. The number of halogens is 3. The number of nitrogens with zero attached hydrogens (tertiary/aromatic N) is 1. The molecule has 0 unspecified atom stereocenters. The van der Waals surface area contributed by atoms with Crippen LogP contribution in [-0.4, -0.2) is 54.5 Å². The Hall–Kier alpha value is -4.38. The third kappa shape index (κ3) is 6.14. The molecule has 4 atom stereocenters. The van der Waals surface area contributed by atoms with Crippen LogP contribution in [0.25, 0.3) is 0 Å². The molecule has 1 fully saturated rings. The molecular weight excluding hydrogens is 575 g/mol. The van der Waals surface area contributed by atoms with Gasteiger partial charge in [-0.05, 0) is 79.3 Å². The van der Waals surface area contributed by atoms with Crippen molar-refractivity contribution >= 4 is 23.4 Å². The summed E-state index contributed by atoms with van der Waals surface area (Å²) < 4.78 is 50.9. The van der Waals surface area contributed by atoms with Crippen LogP contribution < -0.4 is 15.4 Å². The highest BCUT2D eigenvalue weighted by Crippen LogP contribution is 2.34. The number of rotatable bonds is 5. The van der Waals surface area contributed by atoms with Crippen molar-refractivity contribution in [3.8, 4) is 5.75 Å². The van der Waals surface area contributed by atoms with Crippen molar-refractivity contribution in [2.24, 2.45) is 0 Å². The molecule has 3 amide bonds. The normalized spacial score (nSPS) is 22.9. The number of likely N-dealkylation sites (N-methyl/N-ethyl adjacent to an activating group) is 1. The molecule has 3 aliphatic rings. The second-order valence-electron chi connectivity index (χ2n) is 11.5. The maximum absolute atomic E-state index is 13.5. The third-order valence-corrected chi connectivity index (χ3v) is 8.63. The van der Waals surface area contributed by atoms with Gasteiger partial charge in [0.15, 0.2) is 0 Å². The Balaban J connectivity index is 1.09. The Labute approximate surface area is 252 Å². The van der Waals surface area contributed by atoms with E-state index >= 15 is 0 Å². The number of amides is 3. The van der Waals surface area contributed by atoms with E-state index in [2.05, 4.69) is 22.8 Å². The Morgan fingerprint density at radius 3 is 2.55 bits per heavy atom. The topological polar surface area (TPSA) is 97.0 Å². The lowest BCUT2D eigenvalue weighted by Crippen LogP contribution is -2.54. The van der Waals surface area contributed by atoms with Gasteiger partial charge in [0, 0.05) is 18.3 Å². The molecule has 0 bridgehead atoms. The molecule has 3 aromatic rings. The van der Waals surface area contributed by atoms with E-state index in [1.54, 1.807) is 24.1 Å². The van der Waals surface area contributed by atoms with Crippen LogP contribution in [0.3, 0.4) is 0 Å². The molecule has 8 nitrogen and oxygen atoms in total. The molecule has 0 radical (unpaired) electrons. The molecule has 44 heavy (non-hydrogen) atoms. The van der Waals surface area contributed by atoms with E-state index < -0.39 is 23.8 Å². The summed E-state index contributed by atoms with van der Waals surface area (Å²) in [6, 6.07) is 16.4. The smallest absolute Gasteiger partial charge is 0.416 e. The van der Waals surface area contributed by atoms with Gasteiger partial charge in [0.25, 0.3) is 11.8 Å². The summed E-state index contributed by atoms with van der Waals surface area (Å²) in [5.41, 5.74) is 2.17. The van der Waals surface area contributed by atoms with Crippen molar-refractivity contribution in [1.29, 1.82) is 0 Å². The number of aryl methyl sites for hydroxylation is 1. The number of ether oxygens (including phenoxy) is 2. The quantitative estimate of drug-likeness (QED) is 0.398. The minimum atomic E-state index is -4.50. The Kier molecular flexibility index (Phi) is 8.06. The molecular formula is C33H32F3N3O5. The van der Waals surface area contributed by atoms with Crippen LogP contribution in [0.5, 0.6) is 5.75 Å². The van der Waals surface area contributed by atoms with Crippen LogP contribution in [0.1, 0.15) is 69.1 Å². The van der Waals surface area contributed by atoms with E-state index in [0.717, 1.165) is 37.1 Å². The lowest BCUT2D eigenvalue weighted by atomic mass is 9.94. The first-order valence-electron chi connectivity index (χ1n) is 14.6. The summed E-state index contributed by atoms with van der Waals surface area (Å²) >= 11 is 0. The highest BCUT2D eigenvalue weighted by molar-refractivity contribution is 6.05. The van der Waals surface area contributed by atoms with Crippen LogP contribution >= 0.6 is 0 Å². The molecule has 1 saturated heterocycles. The molecule has 1 aliphatic carbocycles. The zero-order chi connectivity index (χ0) is 31.0. The number of anilines is 1. The summed E-state index contributed by atoms with van der Waals surface area (Å²) in [4.78, 5) is 40.8. The summed E-state index contributed by atoms with van der Waals surface area (Å²) in [5.74, 6) is -0.682. The zero-order valence-corrected chi connectivity index (χ0v) is 24.0. The molecule has 11 heteroatoms. The highest BCUT2D eigenvalue weighted by atomic mass is 19.4. The first-order chi connectivity index (χ1) is 21.1. The largest absolute Gasteiger partial charge is 0.490 e. The maximum atomic E-state index is 13.5. The van der Waals surface area contributed by atoms with Crippen LogP contribution in [-0.2, 0) is 22.1 Å². The number of alkyl halides is 3. The minimum absolute atomic E-state index is 0.00429. The Morgan fingerprint density at radius 1 is 1.00 bits per heavy atom. The molecule has 230 valence electrons. The fourth-order valence-electron chi connectivity index (χ4n) is 6.29. The van der Waals surface area contributed by atoms with Gasteiger partial charge in [-0.25, -0.2) is 0 Å². The van der Waals surface area contributed by atoms with Crippen molar-refractivity contribution in [2.75, 3.05) is 19.0 Å². The fourth-order valence-corrected chi connectivity index (χ4v) is 6.29. The number of nitrogens with one attached hydrogen (secondary N) is 2. The first-order valence-corrected chi connectivity index (χ1v) is 14.6. The predicted octanol–water partition coefficient (Wildman–Crippen LogP) is 5.53. The minimum Gasteiger partial charge on any atom is -0.490 e. The summed E-state index contributed by atoms with van der Waals surface area (Å²) in [5, 5.41) is 5.79. The zero-order valence-electron chi connectivity index (χ0n) is 24.0. The van der Waals surface area contributed by atoms with Crippen LogP contribution in [0.2, 0.25) is 0 Å². The van der Waals surface area contributed by atoms with Crippen LogP contribution in [0, 0.1) is 0 Å². The molecule has 3 aromatic carbocycles. The average Bonchev–Trinajstić information content (AvgIpc) is 3.41. The highest BCUT2D eigenvalue weighted by Gasteiger charge is 2.39. The Bertz CT molecular complexity index is 1580. The second-order valence-corrected chi connectivity index (χ2v) is 11.5. The first kappa shape index (κ1) is 29.7. The third-order valence-electron chi connectivity index (χ3n) is 8.63. The fraction of sp³-hybridized carbons (Fsp3) is 0.364. The van der Waals surface area contributed by atoms with Gasteiger partial charge >= 0.3 is 6.18 Å². The monoisotopic (exact) mass is 607 g/mol. The number of carbonyl (C=O) groups is 3. The molecule has 0 spiro atoms. The number of hydrogen-bond acceptors (Lipinski definition) is 5. The van der Waals surface area contributed by atoms with E-state index in [1.807, 2.05) is 12.1 Å².